The van der Waals surface area contributed by atoms with Crippen molar-refractivity contribution in [2.45, 2.75) is 12.8 Å². The quantitative estimate of drug-likeness (QED) is 0.450. The van der Waals surface area contributed by atoms with Crippen molar-refractivity contribution in [1.82, 2.24) is 4.90 Å². The summed E-state index contributed by atoms with van der Waals surface area (Å²) < 4.78 is 5.18. The molecule has 0 atom stereocenters. The fraction of sp³-hybridized carbons (Fsp3) is 0.667. The number of hydrogen-bond donors (Lipinski definition) is 0. The van der Waals surface area contributed by atoms with E-state index in [0.29, 0.717) is 19.6 Å². The second-order valence-corrected chi connectivity index (χ2v) is 2.85. The van der Waals surface area contributed by atoms with Gasteiger partial charge >= 0.3 is 0 Å². The largest absolute Gasteiger partial charge is 0.376 e. The molecule has 12 heavy (non-hydrogen) atoms. The van der Waals surface area contributed by atoms with Gasteiger partial charge in [0.2, 0.25) is 5.91 Å². The van der Waals surface area contributed by atoms with E-state index in [9.17, 15) is 4.79 Å². The van der Waals surface area contributed by atoms with Crippen molar-refractivity contribution in [3.8, 4) is 0 Å². The molecular formula is C9H15NO2. The number of likely N-dealkylation sites (tertiary alicyclic amines) is 1. The Morgan fingerprint density at radius 1 is 1.67 bits per heavy atom. The fourth-order valence-corrected chi connectivity index (χ4v) is 1.28. The molecule has 0 radical (unpaired) electrons. The third-order valence-electron chi connectivity index (χ3n) is 1.91. The molecule has 0 bridgehead atoms. The summed E-state index contributed by atoms with van der Waals surface area (Å²) in [6.07, 6.45) is 3.42. The normalized spacial score (nSPS) is 17.0. The molecule has 0 aromatic carbocycles. The highest BCUT2D eigenvalue weighted by atomic mass is 16.5. The van der Waals surface area contributed by atoms with E-state index >= 15 is 0 Å². The summed E-state index contributed by atoms with van der Waals surface area (Å²) in [6.45, 7) is 6.36. The second-order valence-electron chi connectivity index (χ2n) is 2.85. The van der Waals surface area contributed by atoms with Crippen LogP contribution < -0.4 is 0 Å². The zero-order chi connectivity index (χ0) is 8.81. The van der Waals surface area contributed by atoms with Crippen LogP contribution in [0.5, 0.6) is 0 Å². The Labute approximate surface area is 73.0 Å². The number of hydrogen-bond acceptors (Lipinski definition) is 2. The Balaban J connectivity index is 2.06. The van der Waals surface area contributed by atoms with Crippen molar-refractivity contribution in [3.05, 3.63) is 12.7 Å². The van der Waals surface area contributed by atoms with Gasteiger partial charge in [-0.05, 0) is 6.42 Å². The zero-order valence-corrected chi connectivity index (χ0v) is 7.29. The highest BCUT2D eigenvalue weighted by Gasteiger charge is 2.18. The number of carbonyl (C=O) groups is 1. The highest BCUT2D eigenvalue weighted by molar-refractivity contribution is 5.77. The van der Waals surface area contributed by atoms with Crippen LogP contribution in [-0.2, 0) is 9.53 Å². The van der Waals surface area contributed by atoms with E-state index in [4.69, 9.17) is 4.74 Å². The van der Waals surface area contributed by atoms with E-state index < -0.39 is 0 Å². The van der Waals surface area contributed by atoms with Crippen LogP contribution in [0, 0.1) is 0 Å². The average Bonchev–Trinajstić information content (AvgIpc) is 2.46. The lowest BCUT2D eigenvalue weighted by molar-refractivity contribution is -0.128. The van der Waals surface area contributed by atoms with E-state index in [2.05, 4.69) is 6.58 Å². The molecule has 0 N–H and O–H groups in total. The predicted molar refractivity (Wildman–Crippen MR) is 46.8 cm³/mol. The minimum atomic E-state index is 0.261. The molecule has 0 aromatic rings. The lowest BCUT2D eigenvalue weighted by atomic mass is 10.4. The number of nitrogens with zero attached hydrogens (tertiary/aromatic N) is 1. The fourth-order valence-electron chi connectivity index (χ4n) is 1.28. The first-order valence-electron chi connectivity index (χ1n) is 4.31. The van der Waals surface area contributed by atoms with Crippen molar-refractivity contribution >= 4 is 5.91 Å². The lowest BCUT2D eigenvalue weighted by Crippen LogP contribution is -2.28. The SMILES string of the molecule is C=CCOCCN1CCCC1=O. The summed E-state index contributed by atoms with van der Waals surface area (Å²) in [5.74, 6) is 0.261. The Morgan fingerprint density at radius 3 is 3.08 bits per heavy atom. The topological polar surface area (TPSA) is 29.5 Å². The Hall–Kier alpha value is -0.830. The molecule has 68 valence electrons. The summed E-state index contributed by atoms with van der Waals surface area (Å²) in [5.41, 5.74) is 0. The molecule has 3 nitrogen and oxygen atoms in total. The summed E-state index contributed by atoms with van der Waals surface area (Å²) >= 11 is 0. The number of carbonyl (C=O) groups excluding carboxylic acids is 1. The molecule has 0 aliphatic carbocycles. The maximum absolute atomic E-state index is 11.1. The molecule has 0 saturated carbocycles. The maximum atomic E-state index is 11.1. The van der Waals surface area contributed by atoms with Crippen LogP contribution in [-0.4, -0.2) is 37.1 Å². The van der Waals surface area contributed by atoms with Crippen LogP contribution in [0.15, 0.2) is 12.7 Å². The van der Waals surface area contributed by atoms with E-state index in [0.717, 1.165) is 19.5 Å². The van der Waals surface area contributed by atoms with E-state index in [1.807, 2.05) is 4.90 Å². The Morgan fingerprint density at radius 2 is 2.50 bits per heavy atom. The summed E-state index contributed by atoms with van der Waals surface area (Å²) in [5, 5.41) is 0. The Kier molecular flexibility index (Phi) is 3.80. The minimum Gasteiger partial charge on any atom is -0.376 e. The van der Waals surface area contributed by atoms with Gasteiger partial charge in [0.1, 0.15) is 0 Å². The first-order chi connectivity index (χ1) is 5.84. The van der Waals surface area contributed by atoms with Crippen LogP contribution in [0.2, 0.25) is 0 Å². The van der Waals surface area contributed by atoms with Crippen LogP contribution in [0.25, 0.3) is 0 Å². The Bertz CT molecular complexity index is 168. The molecule has 0 unspecified atom stereocenters. The molecule has 1 heterocycles. The van der Waals surface area contributed by atoms with Crippen molar-refractivity contribution < 1.29 is 9.53 Å². The second kappa shape index (κ2) is 4.93. The monoisotopic (exact) mass is 169 g/mol. The number of rotatable bonds is 5. The van der Waals surface area contributed by atoms with Gasteiger partial charge in [-0.25, -0.2) is 0 Å². The molecule has 1 rings (SSSR count). The maximum Gasteiger partial charge on any atom is 0.222 e. The van der Waals surface area contributed by atoms with Gasteiger partial charge < -0.3 is 9.64 Å². The highest BCUT2D eigenvalue weighted by Crippen LogP contribution is 2.08. The van der Waals surface area contributed by atoms with Crippen molar-refractivity contribution in [2.75, 3.05) is 26.3 Å². The first-order valence-corrected chi connectivity index (χ1v) is 4.31. The van der Waals surface area contributed by atoms with Gasteiger partial charge in [-0.15, -0.1) is 6.58 Å². The van der Waals surface area contributed by atoms with E-state index in [-0.39, 0.29) is 5.91 Å². The van der Waals surface area contributed by atoms with Gasteiger partial charge in [-0.2, -0.15) is 0 Å². The van der Waals surface area contributed by atoms with Gasteiger partial charge in [-0.3, -0.25) is 4.79 Å². The first kappa shape index (κ1) is 9.26. The summed E-state index contributed by atoms with van der Waals surface area (Å²) in [4.78, 5) is 12.9. The molecular weight excluding hydrogens is 154 g/mol. The van der Waals surface area contributed by atoms with Gasteiger partial charge in [0.05, 0.1) is 13.2 Å². The van der Waals surface area contributed by atoms with Gasteiger partial charge in [0.15, 0.2) is 0 Å². The third-order valence-corrected chi connectivity index (χ3v) is 1.91. The predicted octanol–water partition coefficient (Wildman–Crippen LogP) is 0.811. The van der Waals surface area contributed by atoms with Crippen LogP contribution >= 0.6 is 0 Å². The van der Waals surface area contributed by atoms with E-state index in [1.54, 1.807) is 6.08 Å². The molecule has 3 heteroatoms. The molecule has 1 fully saturated rings. The molecule has 1 saturated heterocycles. The smallest absolute Gasteiger partial charge is 0.222 e. The van der Waals surface area contributed by atoms with Crippen molar-refractivity contribution in [2.24, 2.45) is 0 Å². The number of amides is 1. The average molecular weight is 169 g/mol. The third kappa shape index (κ3) is 2.66. The molecule has 0 aromatic heterocycles. The molecule has 1 aliphatic rings. The van der Waals surface area contributed by atoms with Crippen molar-refractivity contribution in [3.63, 3.8) is 0 Å². The van der Waals surface area contributed by atoms with Gasteiger partial charge in [-0.1, -0.05) is 6.08 Å². The zero-order valence-electron chi connectivity index (χ0n) is 7.29. The summed E-state index contributed by atoms with van der Waals surface area (Å²) in [6, 6.07) is 0. The summed E-state index contributed by atoms with van der Waals surface area (Å²) in [7, 11) is 0. The van der Waals surface area contributed by atoms with Gasteiger partial charge in [0.25, 0.3) is 0 Å². The van der Waals surface area contributed by atoms with E-state index in [1.165, 1.54) is 0 Å². The van der Waals surface area contributed by atoms with Crippen LogP contribution in [0.3, 0.4) is 0 Å². The standard InChI is InChI=1S/C9H15NO2/c1-2-7-12-8-6-10-5-3-4-9(10)11/h2H,1,3-8H2. The molecule has 1 amide bonds. The van der Waals surface area contributed by atoms with Crippen molar-refractivity contribution in [1.29, 1.82) is 0 Å². The van der Waals surface area contributed by atoms with Crippen LogP contribution in [0.1, 0.15) is 12.8 Å². The van der Waals surface area contributed by atoms with Crippen LogP contribution in [0.4, 0.5) is 0 Å². The molecule has 1 aliphatic heterocycles. The van der Waals surface area contributed by atoms with Gasteiger partial charge in [0, 0.05) is 19.5 Å². The minimum absolute atomic E-state index is 0.261. The number of ether oxygens (including phenoxy) is 1. The molecule has 0 spiro atoms. The lowest BCUT2D eigenvalue weighted by Gasteiger charge is -2.14.